The number of benzene rings is 2. The number of aromatic nitrogens is 2. The number of H-pyrrole nitrogens is 1. The monoisotopic (exact) mass is 401 g/mol. The number of nitrogens with one attached hydrogen (secondary N) is 2. The number of aromatic amines is 1. The van der Waals surface area contributed by atoms with E-state index in [2.05, 4.69) is 10.4 Å². The van der Waals surface area contributed by atoms with Crippen LogP contribution in [0.15, 0.2) is 52.1 Å². The summed E-state index contributed by atoms with van der Waals surface area (Å²) in [6.45, 7) is 0.718. The van der Waals surface area contributed by atoms with Crippen LogP contribution in [-0.4, -0.2) is 28.3 Å². The number of nitrogens with zero attached hydrogens (tertiary/aromatic N) is 1. The van der Waals surface area contributed by atoms with Gasteiger partial charge in [-0.15, -0.1) is 0 Å². The van der Waals surface area contributed by atoms with Gasteiger partial charge in [0.05, 0.1) is 10.8 Å². The molecule has 1 amide bonds. The van der Waals surface area contributed by atoms with Gasteiger partial charge in [0.2, 0.25) is 0 Å². The first-order chi connectivity index (χ1) is 13.3. The predicted molar refractivity (Wildman–Crippen MR) is 105 cm³/mol. The van der Waals surface area contributed by atoms with Crippen molar-refractivity contribution in [3.63, 3.8) is 0 Å². The SMILES string of the molecule is Cc1cc(Cl)ccc1NC(=O)COC(=O)Cn1[nH]c(=O)c2ccccc2c1=O. The lowest BCUT2D eigenvalue weighted by Crippen LogP contribution is -2.33. The maximum atomic E-state index is 12.4. The summed E-state index contributed by atoms with van der Waals surface area (Å²) in [4.78, 5) is 48.3. The summed E-state index contributed by atoms with van der Waals surface area (Å²) in [7, 11) is 0. The molecule has 0 unspecified atom stereocenters. The molecule has 3 rings (SSSR count). The highest BCUT2D eigenvalue weighted by Crippen LogP contribution is 2.19. The topological polar surface area (TPSA) is 110 Å². The number of amides is 1. The zero-order valence-corrected chi connectivity index (χ0v) is 15.6. The van der Waals surface area contributed by atoms with Crippen LogP contribution in [0.1, 0.15) is 5.56 Å². The van der Waals surface area contributed by atoms with E-state index in [9.17, 15) is 19.2 Å². The Morgan fingerprint density at radius 1 is 1.14 bits per heavy atom. The lowest BCUT2D eigenvalue weighted by Gasteiger charge is -2.10. The summed E-state index contributed by atoms with van der Waals surface area (Å²) in [5, 5.41) is 5.88. The van der Waals surface area contributed by atoms with Crippen LogP contribution < -0.4 is 16.4 Å². The molecule has 144 valence electrons. The fourth-order valence-corrected chi connectivity index (χ4v) is 2.86. The van der Waals surface area contributed by atoms with Gasteiger partial charge in [0, 0.05) is 10.7 Å². The zero-order valence-electron chi connectivity index (χ0n) is 14.8. The highest BCUT2D eigenvalue weighted by Gasteiger charge is 2.13. The average molecular weight is 402 g/mol. The maximum Gasteiger partial charge on any atom is 0.328 e. The van der Waals surface area contributed by atoms with Crippen LogP contribution in [0.5, 0.6) is 0 Å². The van der Waals surface area contributed by atoms with Gasteiger partial charge in [-0.1, -0.05) is 23.7 Å². The van der Waals surface area contributed by atoms with Crippen LogP contribution in [0.4, 0.5) is 5.69 Å². The van der Waals surface area contributed by atoms with E-state index in [-0.39, 0.29) is 10.8 Å². The largest absolute Gasteiger partial charge is 0.454 e. The smallest absolute Gasteiger partial charge is 0.328 e. The Morgan fingerprint density at radius 2 is 1.86 bits per heavy atom. The first kappa shape index (κ1) is 19.4. The minimum Gasteiger partial charge on any atom is -0.454 e. The number of rotatable bonds is 5. The second-order valence-electron chi connectivity index (χ2n) is 6.05. The normalized spacial score (nSPS) is 10.6. The molecule has 1 aromatic heterocycles. The number of carbonyl (C=O) groups is 2. The number of hydrogen-bond donors (Lipinski definition) is 2. The van der Waals surface area contributed by atoms with Gasteiger partial charge < -0.3 is 10.1 Å². The fraction of sp³-hybridized carbons (Fsp3) is 0.158. The molecule has 0 atom stereocenters. The molecule has 2 N–H and O–H groups in total. The Kier molecular flexibility index (Phi) is 5.60. The lowest BCUT2D eigenvalue weighted by molar-refractivity contribution is -0.148. The van der Waals surface area contributed by atoms with Crippen molar-refractivity contribution in [2.24, 2.45) is 0 Å². The van der Waals surface area contributed by atoms with Gasteiger partial charge >= 0.3 is 5.97 Å². The molecular formula is C19H16ClN3O5. The van der Waals surface area contributed by atoms with Crippen molar-refractivity contribution in [2.75, 3.05) is 11.9 Å². The van der Waals surface area contributed by atoms with Gasteiger partial charge in [-0.25, -0.2) is 4.68 Å². The molecule has 8 nitrogen and oxygen atoms in total. The van der Waals surface area contributed by atoms with Gasteiger partial charge in [0.15, 0.2) is 6.61 Å². The van der Waals surface area contributed by atoms with Crippen molar-refractivity contribution in [3.8, 4) is 0 Å². The number of anilines is 1. The van der Waals surface area contributed by atoms with Crippen LogP contribution in [0.3, 0.4) is 0 Å². The number of halogens is 1. The third kappa shape index (κ3) is 4.29. The number of fused-ring (bicyclic) bond motifs is 1. The van der Waals surface area contributed by atoms with E-state index in [0.717, 1.165) is 10.2 Å². The number of ether oxygens (including phenoxy) is 1. The molecule has 0 aliphatic heterocycles. The van der Waals surface area contributed by atoms with Crippen molar-refractivity contribution in [1.82, 2.24) is 9.78 Å². The van der Waals surface area contributed by atoms with Gasteiger partial charge in [-0.05, 0) is 42.8 Å². The second-order valence-corrected chi connectivity index (χ2v) is 6.48. The van der Waals surface area contributed by atoms with E-state index in [0.29, 0.717) is 10.7 Å². The van der Waals surface area contributed by atoms with Crippen molar-refractivity contribution in [1.29, 1.82) is 0 Å². The zero-order chi connectivity index (χ0) is 20.3. The Bertz CT molecular complexity index is 1180. The van der Waals surface area contributed by atoms with Gasteiger partial charge in [-0.2, -0.15) is 0 Å². The van der Waals surface area contributed by atoms with Crippen LogP contribution in [0.2, 0.25) is 5.02 Å². The Hall–Kier alpha value is -3.39. The standard InChI is InChI=1S/C19H16ClN3O5/c1-11-8-12(20)6-7-15(11)21-16(24)10-28-17(25)9-23-19(27)14-5-3-2-4-13(14)18(26)22-23/h2-8H,9-10H2,1H3,(H,21,24)(H,22,26). The third-order valence-corrected chi connectivity index (χ3v) is 4.23. The summed E-state index contributed by atoms with van der Waals surface area (Å²) in [6, 6.07) is 11.2. The number of aryl methyl sites for hydroxylation is 1. The van der Waals surface area contributed by atoms with Crippen molar-refractivity contribution >= 4 is 39.9 Å². The first-order valence-corrected chi connectivity index (χ1v) is 8.66. The molecule has 9 heteroatoms. The number of carbonyl (C=O) groups excluding carboxylic acids is 2. The maximum absolute atomic E-state index is 12.4. The molecular weight excluding hydrogens is 386 g/mol. The van der Waals surface area contributed by atoms with Crippen molar-refractivity contribution in [2.45, 2.75) is 13.5 Å². The second kappa shape index (κ2) is 8.10. The van der Waals surface area contributed by atoms with Gasteiger partial charge in [-0.3, -0.25) is 24.3 Å². The molecule has 0 spiro atoms. The lowest BCUT2D eigenvalue weighted by atomic mass is 10.2. The van der Waals surface area contributed by atoms with Gasteiger partial charge in [0.1, 0.15) is 6.54 Å². The summed E-state index contributed by atoms with van der Waals surface area (Å²) >= 11 is 5.86. The third-order valence-electron chi connectivity index (χ3n) is 4.00. The number of hydrogen-bond acceptors (Lipinski definition) is 5. The molecule has 1 heterocycles. The molecule has 2 aromatic carbocycles. The first-order valence-electron chi connectivity index (χ1n) is 8.28. The molecule has 0 aliphatic carbocycles. The predicted octanol–water partition coefficient (Wildman–Crippen LogP) is 1.83. The minimum absolute atomic E-state index is 0.190. The Balaban J connectivity index is 1.64. The summed E-state index contributed by atoms with van der Waals surface area (Å²) in [5.41, 5.74) is 0.264. The van der Waals surface area contributed by atoms with Crippen LogP contribution in [-0.2, 0) is 20.9 Å². The van der Waals surface area contributed by atoms with E-state index < -0.39 is 36.1 Å². The molecule has 3 aromatic rings. The summed E-state index contributed by atoms with van der Waals surface area (Å²) in [5.74, 6) is -1.38. The highest BCUT2D eigenvalue weighted by molar-refractivity contribution is 6.30. The van der Waals surface area contributed by atoms with E-state index in [1.54, 1.807) is 37.3 Å². The van der Waals surface area contributed by atoms with Crippen molar-refractivity contribution < 1.29 is 14.3 Å². The van der Waals surface area contributed by atoms with E-state index >= 15 is 0 Å². The highest BCUT2D eigenvalue weighted by atomic mass is 35.5. The number of esters is 1. The Morgan fingerprint density at radius 3 is 2.57 bits per heavy atom. The van der Waals surface area contributed by atoms with E-state index in [1.807, 2.05) is 0 Å². The van der Waals surface area contributed by atoms with E-state index in [1.165, 1.54) is 12.1 Å². The molecule has 0 saturated heterocycles. The quantitative estimate of drug-likeness (QED) is 0.634. The molecule has 0 saturated carbocycles. The fourth-order valence-electron chi connectivity index (χ4n) is 2.63. The summed E-state index contributed by atoms with van der Waals surface area (Å²) in [6.07, 6.45) is 0. The molecule has 0 aliphatic rings. The summed E-state index contributed by atoms with van der Waals surface area (Å²) < 4.78 is 5.75. The van der Waals surface area contributed by atoms with Crippen LogP contribution in [0, 0.1) is 6.92 Å². The van der Waals surface area contributed by atoms with Gasteiger partial charge in [0.25, 0.3) is 17.0 Å². The molecule has 0 bridgehead atoms. The average Bonchev–Trinajstić information content (AvgIpc) is 2.66. The van der Waals surface area contributed by atoms with Crippen LogP contribution >= 0.6 is 11.6 Å². The minimum atomic E-state index is -0.837. The van der Waals surface area contributed by atoms with E-state index in [4.69, 9.17) is 16.3 Å². The van der Waals surface area contributed by atoms with Crippen LogP contribution in [0.25, 0.3) is 10.8 Å². The Labute approximate surface area is 163 Å². The molecule has 28 heavy (non-hydrogen) atoms. The molecule has 0 radical (unpaired) electrons. The van der Waals surface area contributed by atoms with Crippen molar-refractivity contribution in [3.05, 3.63) is 73.8 Å². The molecule has 0 fully saturated rings.